The molecule has 20 heavy (non-hydrogen) atoms. The molecule has 0 aromatic heterocycles. The van der Waals surface area contributed by atoms with E-state index in [9.17, 15) is 0 Å². The fourth-order valence-electron chi connectivity index (χ4n) is 2.01. The van der Waals surface area contributed by atoms with Gasteiger partial charge in [-0.3, -0.25) is 4.99 Å². The fourth-order valence-corrected chi connectivity index (χ4v) is 2.01. The van der Waals surface area contributed by atoms with E-state index >= 15 is 0 Å². The molecule has 1 fully saturated rings. The van der Waals surface area contributed by atoms with Crippen molar-refractivity contribution < 1.29 is 14.2 Å². The maximum atomic E-state index is 5.67. The Bertz CT molecular complexity index is 272. The Hall–Kier alpha value is -0.120. The van der Waals surface area contributed by atoms with Crippen LogP contribution in [-0.2, 0) is 14.2 Å². The average Bonchev–Trinajstić information content (AvgIpc) is 2.46. The number of ether oxygens (including phenoxy) is 3. The van der Waals surface area contributed by atoms with Gasteiger partial charge in [-0.1, -0.05) is 0 Å². The van der Waals surface area contributed by atoms with E-state index in [4.69, 9.17) is 14.2 Å². The van der Waals surface area contributed by atoms with Crippen molar-refractivity contribution in [3.63, 3.8) is 0 Å². The number of methoxy groups -OCH3 is 2. The first-order chi connectivity index (χ1) is 9.26. The molecule has 1 heterocycles. The largest absolute Gasteiger partial charge is 0.383 e. The third-order valence-electron chi connectivity index (χ3n) is 3.31. The summed E-state index contributed by atoms with van der Waals surface area (Å²) in [5, 5.41) is 6.45. The Morgan fingerprint density at radius 3 is 2.50 bits per heavy atom. The van der Waals surface area contributed by atoms with Crippen LogP contribution in [0.3, 0.4) is 0 Å². The maximum Gasteiger partial charge on any atom is 0.191 e. The fraction of sp³-hybridized carbons (Fsp3) is 0.923. The van der Waals surface area contributed by atoms with Crippen LogP contribution < -0.4 is 10.6 Å². The normalized spacial score (nSPS) is 18.2. The molecule has 0 bridgehead atoms. The topological polar surface area (TPSA) is 64.1 Å². The van der Waals surface area contributed by atoms with Crippen LogP contribution >= 0.6 is 24.0 Å². The summed E-state index contributed by atoms with van der Waals surface area (Å²) in [4.78, 5) is 4.61. The summed E-state index contributed by atoms with van der Waals surface area (Å²) in [6.07, 6.45) is 1.79. The quantitative estimate of drug-likeness (QED) is 0.289. The molecule has 1 saturated heterocycles. The smallest absolute Gasteiger partial charge is 0.191 e. The summed E-state index contributed by atoms with van der Waals surface area (Å²) in [5.74, 6) is 0.808. The zero-order valence-electron chi connectivity index (χ0n) is 12.7. The van der Waals surface area contributed by atoms with E-state index in [0.717, 1.165) is 45.1 Å². The van der Waals surface area contributed by atoms with Gasteiger partial charge in [-0.2, -0.15) is 0 Å². The molecule has 1 rings (SSSR count). The number of rotatable bonds is 7. The highest BCUT2D eigenvalue weighted by Gasteiger charge is 2.32. The minimum Gasteiger partial charge on any atom is -0.383 e. The molecule has 1 aliphatic heterocycles. The molecule has 0 radical (unpaired) electrons. The third kappa shape index (κ3) is 7.05. The lowest BCUT2D eigenvalue weighted by Gasteiger charge is -2.34. The van der Waals surface area contributed by atoms with Crippen molar-refractivity contribution in [1.29, 1.82) is 0 Å². The standard InChI is InChI=1S/C13H27N3O3.HI/c1-4-14-12(15-7-10-17-2)16-11-13(18-3)5-8-19-9-6-13;/h4-11H2,1-3H3,(H2,14,15,16);1H. The molecule has 0 amide bonds. The SMILES string of the molecule is CCNC(=NCC1(OC)CCOCC1)NCCOC.I. The minimum absolute atomic E-state index is 0. The van der Waals surface area contributed by atoms with Gasteiger partial charge < -0.3 is 24.8 Å². The van der Waals surface area contributed by atoms with Crippen LogP contribution in [0.1, 0.15) is 19.8 Å². The van der Waals surface area contributed by atoms with Crippen LogP contribution in [0.4, 0.5) is 0 Å². The van der Waals surface area contributed by atoms with E-state index in [2.05, 4.69) is 15.6 Å². The van der Waals surface area contributed by atoms with Crippen molar-refractivity contribution >= 4 is 29.9 Å². The van der Waals surface area contributed by atoms with Gasteiger partial charge in [-0.05, 0) is 6.92 Å². The van der Waals surface area contributed by atoms with Gasteiger partial charge in [0.1, 0.15) is 0 Å². The summed E-state index contributed by atoms with van der Waals surface area (Å²) in [5.41, 5.74) is -0.179. The highest BCUT2D eigenvalue weighted by atomic mass is 127. The van der Waals surface area contributed by atoms with E-state index in [1.54, 1.807) is 14.2 Å². The molecule has 6 nitrogen and oxygen atoms in total. The Morgan fingerprint density at radius 1 is 1.25 bits per heavy atom. The van der Waals surface area contributed by atoms with E-state index in [1.807, 2.05) is 6.92 Å². The number of aliphatic imine (C=N–C) groups is 1. The molecule has 120 valence electrons. The molecule has 0 unspecified atom stereocenters. The second-order valence-electron chi connectivity index (χ2n) is 4.61. The van der Waals surface area contributed by atoms with Crippen molar-refractivity contribution in [2.24, 2.45) is 4.99 Å². The van der Waals surface area contributed by atoms with Gasteiger partial charge in [0.05, 0.1) is 18.8 Å². The number of nitrogens with zero attached hydrogens (tertiary/aromatic N) is 1. The minimum atomic E-state index is -0.179. The van der Waals surface area contributed by atoms with Gasteiger partial charge in [-0.15, -0.1) is 24.0 Å². The second kappa shape index (κ2) is 11.5. The first kappa shape index (κ1) is 19.9. The Morgan fingerprint density at radius 2 is 1.95 bits per heavy atom. The van der Waals surface area contributed by atoms with Gasteiger partial charge >= 0.3 is 0 Å². The molecule has 1 aliphatic rings. The van der Waals surface area contributed by atoms with E-state index in [0.29, 0.717) is 13.2 Å². The summed E-state index contributed by atoms with van der Waals surface area (Å²) in [6, 6.07) is 0. The van der Waals surface area contributed by atoms with Gasteiger partial charge in [0, 0.05) is 53.4 Å². The molecule has 0 aromatic rings. The number of guanidine groups is 1. The molecular formula is C13H28IN3O3. The maximum absolute atomic E-state index is 5.67. The van der Waals surface area contributed by atoms with Crippen LogP contribution in [0, 0.1) is 0 Å². The molecule has 0 aliphatic carbocycles. The molecule has 0 atom stereocenters. The Labute approximate surface area is 139 Å². The number of hydrogen-bond donors (Lipinski definition) is 2. The van der Waals surface area contributed by atoms with Crippen LogP contribution in [-0.4, -0.2) is 65.2 Å². The Kier molecular flexibility index (Phi) is 11.5. The number of halogens is 1. The van der Waals surface area contributed by atoms with Crippen LogP contribution in [0.2, 0.25) is 0 Å². The second-order valence-corrected chi connectivity index (χ2v) is 4.61. The third-order valence-corrected chi connectivity index (χ3v) is 3.31. The predicted octanol–water partition coefficient (Wildman–Crippen LogP) is 1.00. The first-order valence-corrected chi connectivity index (χ1v) is 6.90. The Balaban J connectivity index is 0.00000361. The van der Waals surface area contributed by atoms with Crippen molar-refractivity contribution in [1.82, 2.24) is 10.6 Å². The average molecular weight is 401 g/mol. The van der Waals surface area contributed by atoms with Crippen molar-refractivity contribution in [3.8, 4) is 0 Å². The molecule has 0 aromatic carbocycles. The summed E-state index contributed by atoms with van der Waals surface area (Å²) in [6.45, 7) is 6.43. The van der Waals surface area contributed by atoms with Gasteiger partial charge in [0.2, 0.25) is 0 Å². The molecule has 0 saturated carbocycles. The van der Waals surface area contributed by atoms with E-state index in [1.165, 1.54) is 0 Å². The lowest BCUT2D eigenvalue weighted by atomic mass is 9.94. The van der Waals surface area contributed by atoms with Gasteiger partial charge in [0.25, 0.3) is 0 Å². The molecular weight excluding hydrogens is 373 g/mol. The first-order valence-electron chi connectivity index (χ1n) is 6.90. The van der Waals surface area contributed by atoms with Gasteiger partial charge in [0.15, 0.2) is 5.96 Å². The monoisotopic (exact) mass is 401 g/mol. The molecule has 0 spiro atoms. The van der Waals surface area contributed by atoms with Crippen molar-refractivity contribution in [3.05, 3.63) is 0 Å². The van der Waals surface area contributed by atoms with Crippen LogP contribution in [0.15, 0.2) is 4.99 Å². The lowest BCUT2D eigenvalue weighted by molar-refractivity contribution is -0.0828. The summed E-state index contributed by atoms with van der Waals surface area (Å²) >= 11 is 0. The van der Waals surface area contributed by atoms with E-state index in [-0.39, 0.29) is 29.6 Å². The summed E-state index contributed by atoms with van der Waals surface area (Å²) in [7, 11) is 3.44. The van der Waals surface area contributed by atoms with E-state index < -0.39 is 0 Å². The lowest BCUT2D eigenvalue weighted by Crippen LogP contribution is -2.44. The van der Waals surface area contributed by atoms with Crippen molar-refractivity contribution in [2.75, 3.05) is 53.7 Å². The van der Waals surface area contributed by atoms with Gasteiger partial charge in [-0.25, -0.2) is 0 Å². The number of hydrogen-bond acceptors (Lipinski definition) is 4. The zero-order chi connectivity index (χ0) is 14.0. The zero-order valence-corrected chi connectivity index (χ0v) is 15.1. The summed E-state index contributed by atoms with van der Waals surface area (Å²) < 4.78 is 16.1. The van der Waals surface area contributed by atoms with Crippen LogP contribution in [0.5, 0.6) is 0 Å². The molecule has 7 heteroatoms. The highest BCUT2D eigenvalue weighted by molar-refractivity contribution is 14.0. The number of nitrogens with one attached hydrogen (secondary N) is 2. The predicted molar refractivity (Wildman–Crippen MR) is 91.1 cm³/mol. The van der Waals surface area contributed by atoms with Crippen LogP contribution in [0.25, 0.3) is 0 Å². The highest BCUT2D eigenvalue weighted by Crippen LogP contribution is 2.24. The molecule has 2 N–H and O–H groups in total. The van der Waals surface area contributed by atoms with Crippen molar-refractivity contribution in [2.45, 2.75) is 25.4 Å².